The molecule has 0 aromatic carbocycles. The van der Waals surface area contributed by atoms with Crippen LogP contribution >= 0.6 is 0 Å². The lowest BCUT2D eigenvalue weighted by Crippen LogP contribution is -2.37. The highest BCUT2D eigenvalue weighted by Gasteiger charge is 2.19. The minimum absolute atomic E-state index is 0.138. The van der Waals surface area contributed by atoms with Crippen LogP contribution in [0.5, 0.6) is 0 Å². The summed E-state index contributed by atoms with van der Waals surface area (Å²) >= 11 is 0. The number of ether oxygens (including phenoxy) is 1. The van der Waals surface area contributed by atoms with Gasteiger partial charge in [-0.05, 0) is 19.1 Å². The molecule has 8 heteroatoms. The van der Waals surface area contributed by atoms with Gasteiger partial charge >= 0.3 is 5.97 Å². The number of amides is 1. The van der Waals surface area contributed by atoms with Gasteiger partial charge in [-0.25, -0.2) is 4.79 Å². The number of carbonyl (C=O) groups is 2. The zero-order valence-electron chi connectivity index (χ0n) is 11.5. The minimum Gasteiger partial charge on any atom is -0.479 e. The third-order valence-corrected chi connectivity index (χ3v) is 2.82. The summed E-state index contributed by atoms with van der Waals surface area (Å²) < 4.78 is 10.1. The van der Waals surface area contributed by atoms with Gasteiger partial charge in [0.15, 0.2) is 17.6 Å². The molecule has 0 radical (unpaired) electrons. The molecule has 0 saturated carbocycles. The van der Waals surface area contributed by atoms with Crippen molar-refractivity contribution in [1.82, 2.24) is 15.5 Å². The normalized spacial score (nSPS) is 12.1. The number of hydrogen-bond donors (Lipinski definition) is 3. The topological polar surface area (TPSA) is 117 Å². The van der Waals surface area contributed by atoms with E-state index in [1.165, 1.54) is 13.2 Å². The van der Waals surface area contributed by atoms with Gasteiger partial charge < -0.3 is 19.6 Å². The molecule has 2 aromatic heterocycles. The molecule has 1 unspecified atom stereocenters. The average Bonchev–Trinajstić information content (AvgIpc) is 3.07. The SMILES string of the molecule is COC(CNC(=O)c1cc(-c2ccc(C)o2)[nH]n1)C(=O)O. The van der Waals surface area contributed by atoms with Crippen molar-refractivity contribution >= 4 is 11.9 Å². The molecule has 0 bridgehead atoms. The molecule has 2 aromatic rings. The molecule has 0 saturated heterocycles. The fraction of sp³-hybridized carbons (Fsp3) is 0.308. The van der Waals surface area contributed by atoms with E-state index in [4.69, 9.17) is 14.3 Å². The third-order valence-electron chi connectivity index (χ3n) is 2.82. The van der Waals surface area contributed by atoms with Crippen molar-refractivity contribution in [1.29, 1.82) is 0 Å². The molecule has 0 aliphatic carbocycles. The van der Waals surface area contributed by atoms with Gasteiger partial charge in [0.1, 0.15) is 11.5 Å². The number of aromatic amines is 1. The van der Waals surface area contributed by atoms with Gasteiger partial charge in [-0.1, -0.05) is 0 Å². The standard InChI is InChI=1S/C13H15N3O5/c1-7-3-4-10(21-7)8-5-9(16-15-8)12(17)14-6-11(20-2)13(18)19/h3-5,11H,6H2,1-2H3,(H,14,17)(H,15,16)(H,18,19). The van der Waals surface area contributed by atoms with Crippen LogP contribution in [-0.2, 0) is 9.53 Å². The van der Waals surface area contributed by atoms with Crippen LogP contribution in [0, 0.1) is 6.92 Å². The maximum atomic E-state index is 11.9. The second kappa shape index (κ2) is 6.23. The highest BCUT2D eigenvalue weighted by atomic mass is 16.5. The van der Waals surface area contributed by atoms with E-state index >= 15 is 0 Å². The number of carboxylic acid groups (broad SMARTS) is 1. The van der Waals surface area contributed by atoms with E-state index in [1.807, 2.05) is 6.92 Å². The fourth-order valence-electron chi connectivity index (χ4n) is 1.69. The van der Waals surface area contributed by atoms with Gasteiger partial charge in [0, 0.05) is 13.2 Å². The Labute approximate surface area is 120 Å². The van der Waals surface area contributed by atoms with Crippen molar-refractivity contribution in [2.45, 2.75) is 13.0 Å². The van der Waals surface area contributed by atoms with Crippen molar-refractivity contribution in [3.63, 3.8) is 0 Å². The van der Waals surface area contributed by atoms with E-state index in [9.17, 15) is 9.59 Å². The van der Waals surface area contributed by atoms with E-state index in [2.05, 4.69) is 15.5 Å². The van der Waals surface area contributed by atoms with Crippen LogP contribution < -0.4 is 5.32 Å². The van der Waals surface area contributed by atoms with Gasteiger partial charge in [-0.3, -0.25) is 9.89 Å². The molecule has 0 aliphatic heterocycles. The van der Waals surface area contributed by atoms with E-state index in [0.717, 1.165) is 5.76 Å². The number of carboxylic acids is 1. The van der Waals surface area contributed by atoms with Gasteiger partial charge in [-0.2, -0.15) is 5.10 Å². The summed E-state index contributed by atoms with van der Waals surface area (Å²) in [7, 11) is 1.26. The first kappa shape index (κ1) is 14.8. The van der Waals surface area contributed by atoms with Crippen molar-refractivity contribution in [2.24, 2.45) is 0 Å². The van der Waals surface area contributed by atoms with E-state index in [1.54, 1.807) is 12.1 Å². The highest BCUT2D eigenvalue weighted by Crippen LogP contribution is 2.20. The smallest absolute Gasteiger partial charge is 0.334 e. The van der Waals surface area contributed by atoms with Crippen molar-refractivity contribution < 1.29 is 23.8 Å². The summed E-state index contributed by atoms with van der Waals surface area (Å²) in [5.74, 6) is -0.329. The van der Waals surface area contributed by atoms with Crippen LogP contribution in [0.1, 0.15) is 16.2 Å². The second-order valence-electron chi connectivity index (χ2n) is 4.35. The predicted molar refractivity (Wildman–Crippen MR) is 71.8 cm³/mol. The molecular formula is C13H15N3O5. The average molecular weight is 293 g/mol. The maximum Gasteiger partial charge on any atom is 0.334 e. The fourth-order valence-corrected chi connectivity index (χ4v) is 1.69. The number of H-pyrrole nitrogens is 1. The second-order valence-corrected chi connectivity index (χ2v) is 4.35. The molecule has 112 valence electrons. The largest absolute Gasteiger partial charge is 0.479 e. The molecule has 0 spiro atoms. The molecule has 21 heavy (non-hydrogen) atoms. The lowest BCUT2D eigenvalue weighted by Gasteiger charge is -2.10. The first-order valence-corrected chi connectivity index (χ1v) is 6.17. The molecule has 3 N–H and O–H groups in total. The summed E-state index contributed by atoms with van der Waals surface area (Å²) in [5.41, 5.74) is 0.703. The minimum atomic E-state index is -1.15. The van der Waals surface area contributed by atoms with E-state index in [0.29, 0.717) is 11.5 Å². The van der Waals surface area contributed by atoms with Crippen molar-refractivity contribution in [2.75, 3.05) is 13.7 Å². The lowest BCUT2D eigenvalue weighted by molar-refractivity contribution is -0.148. The summed E-state index contributed by atoms with van der Waals surface area (Å²) in [5, 5.41) is 17.8. The zero-order chi connectivity index (χ0) is 15.4. The van der Waals surface area contributed by atoms with Crippen LogP contribution in [-0.4, -0.2) is 46.9 Å². The Balaban J connectivity index is 2.01. The molecule has 0 aliphatic rings. The summed E-state index contributed by atoms with van der Waals surface area (Å²) in [6, 6.07) is 5.08. The van der Waals surface area contributed by atoms with Gasteiger partial charge in [0.05, 0.1) is 6.54 Å². The van der Waals surface area contributed by atoms with Crippen molar-refractivity contribution in [3.05, 3.63) is 29.7 Å². The molecule has 1 atom stereocenters. The number of nitrogens with zero attached hydrogens (tertiary/aromatic N) is 1. The van der Waals surface area contributed by atoms with Gasteiger partial charge in [0.25, 0.3) is 5.91 Å². The monoisotopic (exact) mass is 293 g/mol. The maximum absolute atomic E-state index is 11.9. The lowest BCUT2D eigenvalue weighted by atomic mass is 10.3. The first-order valence-electron chi connectivity index (χ1n) is 6.17. The third kappa shape index (κ3) is 3.48. The number of nitrogens with one attached hydrogen (secondary N) is 2. The Morgan fingerprint density at radius 1 is 1.52 bits per heavy atom. The predicted octanol–water partition coefficient (Wildman–Crippen LogP) is 0.808. The summed E-state index contributed by atoms with van der Waals surface area (Å²) in [6.07, 6.45) is -1.10. The van der Waals surface area contributed by atoms with Crippen LogP contribution in [0.2, 0.25) is 0 Å². The molecular weight excluding hydrogens is 278 g/mol. The Bertz CT molecular complexity index is 646. The molecule has 1 amide bonds. The van der Waals surface area contributed by atoms with E-state index < -0.39 is 18.0 Å². The van der Waals surface area contributed by atoms with Crippen LogP contribution in [0.25, 0.3) is 11.5 Å². The van der Waals surface area contributed by atoms with Crippen molar-refractivity contribution in [3.8, 4) is 11.5 Å². The van der Waals surface area contributed by atoms with Gasteiger partial charge in [-0.15, -0.1) is 0 Å². The van der Waals surface area contributed by atoms with Crippen LogP contribution in [0.3, 0.4) is 0 Å². The number of methoxy groups -OCH3 is 1. The Morgan fingerprint density at radius 3 is 2.86 bits per heavy atom. The number of rotatable bonds is 6. The Morgan fingerprint density at radius 2 is 2.29 bits per heavy atom. The highest BCUT2D eigenvalue weighted by molar-refractivity contribution is 5.93. The number of furan rings is 1. The van der Waals surface area contributed by atoms with Crippen LogP contribution in [0.4, 0.5) is 0 Å². The molecule has 2 rings (SSSR count). The van der Waals surface area contributed by atoms with E-state index in [-0.39, 0.29) is 12.2 Å². The quantitative estimate of drug-likeness (QED) is 0.725. The number of aromatic nitrogens is 2. The van der Waals surface area contributed by atoms with Crippen LogP contribution in [0.15, 0.2) is 22.6 Å². The zero-order valence-corrected chi connectivity index (χ0v) is 11.5. The Hall–Kier alpha value is -2.61. The molecule has 8 nitrogen and oxygen atoms in total. The molecule has 0 fully saturated rings. The molecule has 2 heterocycles. The number of aliphatic carboxylic acids is 1. The number of aryl methyl sites for hydroxylation is 1. The summed E-state index contributed by atoms with van der Waals surface area (Å²) in [6.45, 7) is 1.66. The Kier molecular flexibility index (Phi) is 4.39. The first-order chi connectivity index (χ1) is 10.0. The number of hydrogen-bond acceptors (Lipinski definition) is 5. The number of carbonyl (C=O) groups excluding carboxylic acids is 1. The van der Waals surface area contributed by atoms with Gasteiger partial charge in [0.2, 0.25) is 0 Å². The summed E-state index contributed by atoms with van der Waals surface area (Å²) in [4.78, 5) is 22.6.